The molecule has 4 unspecified atom stereocenters. The number of hydrogen-bond acceptors (Lipinski definition) is 2. The summed E-state index contributed by atoms with van der Waals surface area (Å²) in [5.41, 5.74) is 0. The molecule has 1 saturated carbocycles. The Kier molecular flexibility index (Phi) is 1.88. The molecule has 74 valence electrons. The van der Waals surface area contributed by atoms with E-state index in [4.69, 9.17) is 0 Å². The zero-order chi connectivity index (χ0) is 8.84. The third-order valence-electron chi connectivity index (χ3n) is 4.30. The van der Waals surface area contributed by atoms with E-state index in [9.17, 15) is 0 Å². The van der Waals surface area contributed by atoms with Gasteiger partial charge in [-0.2, -0.15) is 0 Å². The van der Waals surface area contributed by atoms with Crippen molar-refractivity contribution in [2.45, 2.75) is 38.3 Å². The van der Waals surface area contributed by atoms with Crippen molar-refractivity contribution in [1.29, 1.82) is 0 Å². The summed E-state index contributed by atoms with van der Waals surface area (Å²) in [5, 5.41) is 3.66. The summed E-state index contributed by atoms with van der Waals surface area (Å²) in [7, 11) is 0. The van der Waals surface area contributed by atoms with Crippen LogP contribution in [0, 0.1) is 11.8 Å². The van der Waals surface area contributed by atoms with Crippen LogP contribution in [-0.4, -0.2) is 36.6 Å². The summed E-state index contributed by atoms with van der Waals surface area (Å²) in [5.74, 6) is 2.04. The van der Waals surface area contributed by atoms with Crippen molar-refractivity contribution >= 4 is 0 Å². The highest BCUT2D eigenvalue weighted by molar-refractivity contribution is 5.05. The van der Waals surface area contributed by atoms with Crippen LogP contribution in [0.25, 0.3) is 0 Å². The minimum absolute atomic E-state index is 0.863. The Morgan fingerprint density at radius 1 is 1.38 bits per heavy atom. The molecule has 0 aromatic heterocycles. The second kappa shape index (κ2) is 2.96. The molecule has 4 atom stereocenters. The van der Waals surface area contributed by atoms with Crippen LogP contribution in [0.15, 0.2) is 0 Å². The normalized spacial score (nSPS) is 48.7. The van der Waals surface area contributed by atoms with Crippen molar-refractivity contribution in [2.24, 2.45) is 11.8 Å². The van der Waals surface area contributed by atoms with Crippen molar-refractivity contribution in [3.8, 4) is 0 Å². The third-order valence-corrected chi connectivity index (χ3v) is 4.30. The molecule has 0 aromatic rings. The van der Waals surface area contributed by atoms with E-state index in [0.717, 1.165) is 23.9 Å². The monoisotopic (exact) mass is 180 g/mol. The van der Waals surface area contributed by atoms with Crippen molar-refractivity contribution < 1.29 is 0 Å². The van der Waals surface area contributed by atoms with Gasteiger partial charge in [-0.3, -0.25) is 4.90 Å². The Morgan fingerprint density at radius 3 is 3.00 bits per heavy atom. The molecule has 0 spiro atoms. The minimum atomic E-state index is 0.863. The Hall–Kier alpha value is -0.0800. The number of hydrogen-bond donors (Lipinski definition) is 1. The van der Waals surface area contributed by atoms with Crippen LogP contribution in [-0.2, 0) is 0 Å². The van der Waals surface area contributed by atoms with Gasteiger partial charge >= 0.3 is 0 Å². The predicted molar refractivity (Wildman–Crippen MR) is 53.7 cm³/mol. The largest absolute Gasteiger partial charge is 0.314 e. The molecule has 1 aliphatic carbocycles. The summed E-state index contributed by atoms with van der Waals surface area (Å²) < 4.78 is 0. The molecule has 1 N–H and O–H groups in total. The SMILES string of the molecule is CCCN1CC2CC3CC1C2CN3. The molecule has 13 heavy (non-hydrogen) atoms. The molecular formula is C11H20N2. The lowest BCUT2D eigenvalue weighted by Gasteiger charge is -2.43. The van der Waals surface area contributed by atoms with Crippen LogP contribution >= 0.6 is 0 Å². The lowest BCUT2D eigenvalue weighted by atomic mass is 9.73. The minimum Gasteiger partial charge on any atom is -0.314 e. The molecule has 0 radical (unpaired) electrons. The van der Waals surface area contributed by atoms with Gasteiger partial charge in [-0.05, 0) is 37.6 Å². The number of rotatable bonds is 2. The van der Waals surface area contributed by atoms with E-state index in [2.05, 4.69) is 17.1 Å². The molecule has 3 saturated heterocycles. The molecule has 0 aromatic carbocycles. The van der Waals surface area contributed by atoms with Crippen LogP contribution in [0.3, 0.4) is 0 Å². The Morgan fingerprint density at radius 2 is 2.31 bits per heavy atom. The van der Waals surface area contributed by atoms with E-state index in [-0.39, 0.29) is 0 Å². The Labute approximate surface area is 80.7 Å². The molecule has 4 fully saturated rings. The lowest BCUT2D eigenvalue weighted by molar-refractivity contribution is 0.122. The van der Waals surface area contributed by atoms with Crippen LogP contribution in [0.2, 0.25) is 0 Å². The second-order valence-electron chi connectivity index (χ2n) is 5.06. The van der Waals surface area contributed by atoms with Crippen molar-refractivity contribution in [1.82, 2.24) is 10.2 Å². The van der Waals surface area contributed by atoms with Crippen molar-refractivity contribution in [3.05, 3.63) is 0 Å². The van der Waals surface area contributed by atoms with E-state index in [1.165, 1.54) is 38.9 Å². The first-order valence-corrected chi connectivity index (χ1v) is 5.86. The van der Waals surface area contributed by atoms with Crippen molar-refractivity contribution in [3.63, 3.8) is 0 Å². The fourth-order valence-electron chi connectivity index (χ4n) is 3.80. The molecule has 4 bridgehead atoms. The van der Waals surface area contributed by atoms with E-state index in [1.807, 2.05) is 0 Å². The highest BCUT2D eigenvalue weighted by Gasteiger charge is 2.49. The fourth-order valence-corrected chi connectivity index (χ4v) is 3.80. The first-order chi connectivity index (χ1) is 6.38. The average molecular weight is 180 g/mol. The van der Waals surface area contributed by atoms with Gasteiger partial charge < -0.3 is 5.32 Å². The Balaban J connectivity index is 1.77. The van der Waals surface area contributed by atoms with Gasteiger partial charge in [0.25, 0.3) is 0 Å². The summed E-state index contributed by atoms with van der Waals surface area (Å²) in [6.07, 6.45) is 4.22. The maximum Gasteiger partial charge on any atom is 0.0154 e. The van der Waals surface area contributed by atoms with Gasteiger partial charge in [-0.1, -0.05) is 6.92 Å². The van der Waals surface area contributed by atoms with E-state index < -0.39 is 0 Å². The highest BCUT2D eigenvalue weighted by atomic mass is 15.2. The summed E-state index contributed by atoms with van der Waals surface area (Å²) in [4.78, 5) is 2.76. The summed E-state index contributed by atoms with van der Waals surface area (Å²) in [6.45, 7) is 6.35. The molecule has 2 nitrogen and oxygen atoms in total. The molecule has 0 amide bonds. The van der Waals surface area contributed by atoms with Gasteiger partial charge in [-0.15, -0.1) is 0 Å². The van der Waals surface area contributed by atoms with Gasteiger partial charge in [0.1, 0.15) is 0 Å². The number of piperidine rings is 2. The average Bonchev–Trinajstić information content (AvgIpc) is 2.40. The third kappa shape index (κ3) is 1.15. The zero-order valence-electron chi connectivity index (χ0n) is 8.50. The first-order valence-electron chi connectivity index (χ1n) is 5.86. The number of nitrogens with zero attached hydrogens (tertiary/aromatic N) is 1. The standard InChI is InChI=1S/C11H20N2/c1-2-3-13-7-8-4-9-5-11(13)10(8)6-12-9/h8-12H,2-7H2,1H3. The van der Waals surface area contributed by atoms with Crippen LogP contribution in [0.1, 0.15) is 26.2 Å². The molecule has 3 aliphatic heterocycles. The van der Waals surface area contributed by atoms with Crippen LogP contribution < -0.4 is 5.32 Å². The molecular weight excluding hydrogens is 160 g/mol. The van der Waals surface area contributed by atoms with Gasteiger partial charge in [0, 0.05) is 25.2 Å². The molecule has 4 aliphatic rings. The highest BCUT2D eigenvalue weighted by Crippen LogP contribution is 2.43. The summed E-state index contributed by atoms with van der Waals surface area (Å²) in [6, 6.07) is 1.81. The first kappa shape index (κ1) is 8.25. The molecule has 2 heteroatoms. The number of nitrogens with one attached hydrogen (secondary N) is 1. The second-order valence-corrected chi connectivity index (χ2v) is 5.06. The molecule has 3 heterocycles. The van der Waals surface area contributed by atoms with Crippen molar-refractivity contribution in [2.75, 3.05) is 19.6 Å². The van der Waals surface area contributed by atoms with Gasteiger partial charge in [0.15, 0.2) is 0 Å². The number of likely N-dealkylation sites (tertiary alicyclic amines) is 1. The van der Waals surface area contributed by atoms with Gasteiger partial charge in [0.05, 0.1) is 0 Å². The van der Waals surface area contributed by atoms with E-state index in [0.29, 0.717) is 0 Å². The lowest BCUT2D eigenvalue weighted by Crippen LogP contribution is -2.54. The molecule has 4 rings (SSSR count). The van der Waals surface area contributed by atoms with E-state index in [1.54, 1.807) is 0 Å². The Bertz CT molecular complexity index is 204. The van der Waals surface area contributed by atoms with Crippen LogP contribution in [0.4, 0.5) is 0 Å². The van der Waals surface area contributed by atoms with Gasteiger partial charge in [0.2, 0.25) is 0 Å². The van der Waals surface area contributed by atoms with Crippen LogP contribution in [0.5, 0.6) is 0 Å². The van der Waals surface area contributed by atoms with Gasteiger partial charge in [-0.25, -0.2) is 0 Å². The quantitative estimate of drug-likeness (QED) is 0.684. The zero-order valence-corrected chi connectivity index (χ0v) is 8.50. The topological polar surface area (TPSA) is 15.3 Å². The summed E-state index contributed by atoms with van der Waals surface area (Å²) >= 11 is 0. The smallest absolute Gasteiger partial charge is 0.0154 e. The fraction of sp³-hybridized carbons (Fsp3) is 1.00. The maximum atomic E-state index is 3.66. The predicted octanol–water partition coefficient (Wildman–Crippen LogP) is 1.08. The van der Waals surface area contributed by atoms with E-state index >= 15 is 0 Å². The maximum absolute atomic E-state index is 3.66. The number of fused-ring (bicyclic) bond motifs is 1.